The van der Waals surface area contributed by atoms with Crippen LogP contribution in [-0.4, -0.2) is 14.7 Å². The fraction of sp³-hybridized carbons (Fsp3) is 0. The first-order valence-electron chi connectivity index (χ1n) is 0.783. The summed E-state index contributed by atoms with van der Waals surface area (Å²) >= 11 is 0. The second-order valence-electron chi connectivity index (χ2n) is 0.513. The van der Waals surface area contributed by atoms with Crippen molar-refractivity contribution in [2.24, 2.45) is 0 Å². The molecule has 0 spiro atoms. The van der Waals surface area contributed by atoms with Crippen LogP contribution in [0.4, 0.5) is 0 Å². The first-order valence-corrected chi connectivity index (χ1v) is 2.35. The summed E-state index contributed by atoms with van der Waals surface area (Å²) < 4.78 is 8.88. The van der Waals surface area contributed by atoms with E-state index in [2.05, 4.69) is 0 Å². The minimum atomic E-state index is -4.64. The topological polar surface area (TPSA) is 77.8 Å². The van der Waals surface area contributed by atoms with Crippen molar-refractivity contribution in [1.82, 2.24) is 0 Å². The van der Waals surface area contributed by atoms with Gasteiger partial charge in [0.15, 0.2) is 0 Å². The molecule has 0 saturated heterocycles. The van der Waals surface area contributed by atoms with E-state index in [-0.39, 0.29) is 39.9 Å². The predicted octanol–water partition coefficient (Wildman–Crippen LogP) is -0.929. The maximum absolute atomic E-state index is 8.88. The molecule has 3 N–H and O–H groups in total. The Morgan fingerprint density at radius 3 is 1.17 bits per heavy atom. The van der Waals surface area contributed by atoms with E-state index < -0.39 is 7.82 Å². The molecule has 0 heterocycles. The Bertz CT molecular complexity index is 53.7. The average molecular weight is 255 g/mol. The second-order valence-corrected chi connectivity index (χ2v) is 1.54. The van der Waals surface area contributed by atoms with Gasteiger partial charge in [-0.05, 0) is 0 Å². The molecule has 0 unspecified atom stereocenters. The van der Waals surface area contributed by atoms with Crippen molar-refractivity contribution in [1.29, 1.82) is 0 Å². The average Bonchev–Trinajstić information content (AvgIpc) is 0.722. The summed E-state index contributed by atoms with van der Waals surface area (Å²) in [6.45, 7) is 0. The molecule has 4 nitrogen and oxygen atoms in total. The quantitative estimate of drug-likeness (QED) is 0.489. The fourth-order valence-corrected chi connectivity index (χ4v) is 0. The second kappa shape index (κ2) is 3.44. The van der Waals surface area contributed by atoms with Crippen LogP contribution in [0.5, 0.6) is 0 Å². The van der Waals surface area contributed by atoms with Crippen LogP contribution < -0.4 is 0 Å². The number of phosphoric acid groups is 1. The Morgan fingerprint density at radius 2 is 1.17 bits per heavy atom. The van der Waals surface area contributed by atoms with E-state index in [1.54, 1.807) is 0 Å². The van der Waals surface area contributed by atoms with Crippen LogP contribution in [0.15, 0.2) is 0 Å². The van der Waals surface area contributed by atoms with Crippen molar-refractivity contribution in [3.63, 3.8) is 0 Å². The van der Waals surface area contributed by atoms with Gasteiger partial charge in [0, 0.05) is 39.9 Å². The molecule has 0 fully saturated rings. The Balaban J connectivity index is 0. The smallest absolute Gasteiger partial charge is 0.303 e. The molecule has 0 aromatic carbocycles. The number of hydrogen-bond acceptors (Lipinski definition) is 1. The summed E-state index contributed by atoms with van der Waals surface area (Å²) in [5.41, 5.74) is 0. The van der Waals surface area contributed by atoms with Gasteiger partial charge in [-0.25, -0.2) is 4.57 Å². The molecule has 0 saturated carbocycles. The molecule has 0 aromatic rings. The van der Waals surface area contributed by atoms with E-state index in [1.807, 2.05) is 0 Å². The monoisotopic (exact) mass is 256 g/mol. The van der Waals surface area contributed by atoms with Gasteiger partial charge >= 0.3 is 7.82 Å². The Hall–Kier alpha value is 1.43. The van der Waals surface area contributed by atoms with Crippen molar-refractivity contribution in [2.45, 2.75) is 0 Å². The molecule has 0 aliphatic rings. The zero-order valence-electron chi connectivity index (χ0n) is 2.55. The van der Waals surface area contributed by atoms with E-state index in [0.29, 0.717) is 0 Å². The number of rotatable bonds is 0. The Morgan fingerprint density at radius 1 is 1.17 bits per heavy atom. The molecule has 0 aliphatic carbocycles. The van der Waals surface area contributed by atoms with E-state index in [9.17, 15) is 0 Å². The SMILES string of the molecule is O=P(O)(O)O.[Gd]. The third-order valence-electron chi connectivity index (χ3n) is 0. The molecule has 6 heavy (non-hydrogen) atoms. The maximum atomic E-state index is 8.88. The first-order chi connectivity index (χ1) is 2.00. The van der Waals surface area contributed by atoms with E-state index in [1.165, 1.54) is 0 Å². The molecular weight excluding hydrogens is 252 g/mol. The van der Waals surface area contributed by atoms with Gasteiger partial charge in [0.2, 0.25) is 0 Å². The maximum Gasteiger partial charge on any atom is 0.466 e. The molecule has 0 rings (SSSR count). The Labute approximate surface area is 66.5 Å². The van der Waals surface area contributed by atoms with E-state index >= 15 is 0 Å². The summed E-state index contributed by atoms with van der Waals surface area (Å²) in [4.78, 5) is 21.6. The van der Waals surface area contributed by atoms with Crippen LogP contribution in [-0.2, 0) is 4.57 Å². The van der Waals surface area contributed by atoms with Crippen molar-refractivity contribution in [3.05, 3.63) is 0 Å². The normalized spacial score (nSPS) is 9.83. The zero-order valence-corrected chi connectivity index (χ0v) is 5.71. The van der Waals surface area contributed by atoms with Gasteiger partial charge in [-0.15, -0.1) is 0 Å². The van der Waals surface area contributed by atoms with Crippen molar-refractivity contribution in [3.8, 4) is 0 Å². The third-order valence-corrected chi connectivity index (χ3v) is 0. The summed E-state index contributed by atoms with van der Waals surface area (Å²) in [6, 6.07) is 0. The molecular formula is H3GdO4P. The molecule has 0 amide bonds. The van der Waals surface area contributed by atoms with Crippen LogP contribution in [0.1, 0.15) is 0 Å². The van der Waals surface area contributed by atoms with E-state index in [0.717, 1.165) is 0 Å². The van der Waals surface area contributed by atoms with Gasteiger partial charge in [-0.3, -0.25) is 0 Å². The Kier molecular flexibility index (Phi) is 5.97. The summed E-state index contributed by atoms with van der Waals surface area (Å²) in [7, 11) is -4.64. The molecule has 40 valence electrons. The van der Waals surface area contributed by atoms with Gasteiger partial charge in [0.25, 0.3) is 0 Å². The molecule has 0 aromatic heterocycles. The van der Waals surface area contributed by atoms with Gasteiger partial charge < -0.3 is 14.7 Å². The van der Waals surface area contributed by atoms with Crippen LogP contribution in [0, 0.1) is 39.9 Å². The van der Waals surface area contributed by atoms with Crippen molar-refractivity contribution < 1.29 is 59.2 Å². The van der Waals surface area contributed by atoms with Crippen LogP contribution in [0.3, 0.4) is 0 Å². The van der Waals surface area contributed by atoms with Crippen LogP contribution in [0.25, 0.3) is 0 Å². The molecule has 0 atom stereocenters. The van der Waals surface area contributed by atoms with Gasteiger partial charge in [0.05, 0.1) is 0 Å². The van der Waals surface area contributed by atoms with Crippen LogP contribution >= 0.6 is 7.82 Å². The van der Waals surface area contributed by atoms with Gasteiger partial charge in [-0.2, -0.15) is 0 Å². The summed E-state index contributed by atoms with van der Waals surface area (Å²) in [5.74, 6) is 0. The number of hydrogen-bond donors (Lipinski definition) is 3. The van der Waals surface area contributed by atoms with Crippen molar-refractivity contribution >= 4 is 7.82 Å². The summed E-state index contributed by atoms with van der Waals surface area (Å²) in [6.07, 6.45) is 0. The first kappa shape index (κ1) is 10.4. The zero-order chi connectivity index (χ0) is 4.50. The predicted molar refractivity (Wildman–Crippen MR) is 14.3 cm³/mol. The van der Waals surface area contributed by atoms with Gasteiger partial charge in [0.1, 0.15) is 0 Å². The van der Waals surface area contributed by atoms with Crippen molar-refractivity contribution in [2.75, 3.05) is 0 Å². The standard InChI is InChI=1S/Gd.H3O4P/c;1-5(2,3)4/h;(H3,1,2,3,4). The fourth-order valence-electron chi connectivity index (χ4n) is 0. The molecule has 0 bridgehead atoms. The van der Waals surface area contributed by atoms with Crippen LogP contribution in [0.2, 0.25) is 0 Å². The third kappa shape index (κ3) is 51.9. The molecule has 6 heteroatoms. The molecule has 0 radical (unpaired) electrons. The van der Waals surface area contributed by atoms with Gasteiger partial charge in [-0.1, -0.05) is 0 Å². The van der Waals surface area contributed by atoms with E-state index in [4.69, 9.17) is 19.2 Å². The minimum absolute atomic E-state index is 0. The summed E-state index contributed by atoms with van der Waals surface area (Å²) in [5, 5.41) is 0. The minimum Gasteiger partial charge on any atom is -0.303 e. The molecule has 0 aliphatic heterocycles. The largest absolute Gasteiger partial charge is 0.466 e.